The molecule has 132 valence electrons. The van der Waals surface area contributed by atoms with Crippen LogP contribution in [0, 0.1) is 5.41 Å². The van der Waals surface area contributed by atoms with Gasteiger partial charge in [0.25, 0.3) is 0 Å². The summed E-state index contributed by atoms with van der Waals surface area (Å²) in [4.78, 5) is 14.9. The standard InChI is InChI=1S/C18H23F3N2O/c1-12(2)23-10-15(17(16(23)24)8-3-9-22-11-17)13-4-6-14(7-5-13)18(19,20)21/h4-7,12,15,22H,3,8-11H2,1-2H3/t15-,17-/m1/s1. The van der Waals surface area contributed by atoms with E-state index in [0.29, 0.717) is 13.1 Å². The van der Waals surface area contributed by atoms with Crippen LogP contribution in [0.1, 0.15) is 43.7 Å². The molecule has 1 aromatic carbocycles. The van der Waals surface area contributed by atoms with Crippen LogP contribution < -0.4 is 5.32 Å². The van der Waals surface area contributed by atoms with E-state index in [1.165, 1.54) is 0 Å². The molecule has 6 heteroatoms. The van der Waals surface area contributed by atoms with Gasteiger partial charge in [0.05, 0.1) is 11.0 Å². The van der Waals surface area contributed by atoms with Crippen molar-refractivity contribution in [2.24, 2.45) is 5.41 Å². The zero-order valence-corrected chi connectivity index (χ0v) is 14.0. The molecule has 3 nitrogen and oxygen atoms in total. The van der Waals surface area contributed by atoms with Crippen LogP contribution in [-0.2, 0) is 11.0 Å². The third-order valence-electron chi connectivity index (χ3n) is 5.41. The number of nitrogens with zero attached hydrogens (tertiary/aromatic N) is 1. The van der Waals surface area contributed by atoms with E-state index in [0.717, 1.165) is 37.1 Å². The molecule has 0 bridgehead atoms. The molecular weight excluding hydrogens is 317 g/mol. The summed E-state index contributed by atoms with van der Waals surface area (Å²) in [7, 11) is 0. The quantitative estimate of drug-likeness (QED) is 0.895. The van der Waals surface area contributed by atoms with Crippen LogP contribution in [0.3, 0.4) is 0 Å². The molecule has 0 saturated carbocycles. The molecule has 0 aromatic heterocycles. The number of likely N-dealkylation sites (tertiary alicyclic amines) is 1. The van der Waals surface area contributed by atoms with Gasteiger partial charge in [-0.25, -0.2) is 0 Å². The molecule has 2 heterocycles. The van der Waals surface area contributed by atoms with E-state index in [9.17, 15) is 18.0 Å². The predicted octanol–water partition coefficient (Wildman–Crippen LogP) is 3.41. The Kier molecular flexibility index (Phi) is 4.36. The SMILES string of the molecule is CC(C)N1C[C@H](c2ccc(C(F)(F)F)cc2)[C@]2(CCCNC2)C1=O. The number of nitrogens with one attached hydrogen (secondary N) is 1. The van der Waals surface area contributed by atoms with E-state index < -0.39 is 17.2 Å². The second kappa shape index (κ2) is 6.06. The van der Waals surface area contributed by atoms with Crippen molar-refractivity contribution in [3.05, 3.63) is 35.4 Å². The van der Waals surface area contributed by atoms with Crippen molar-refractivity contribution < 1.29 is 18.0 Å². The molecule has 1 spiro atoms. The van der Waals surface area contributed by atoms with Gasteiger partial charge in [0.1, 0.15) is 0 Å². The second-order valence-corrected chi connectivity index (χ2v) is 7.16. The first-order valence-corrected chi connectivity index (χ1v) is 8.44. The summed E-state index contributed by atoms with van der Waals surface area (Å²) in [6.07, 6.45) is -2.64. The molecule has 0 aliphatic carbocycles. The molecule has 1 aromatic rings. The predicted molar refractivity (Wildman–Crippen MR) is 85.6 cm³/mol. The molecule has 1 N–H and O–H groups in total. The fraction of sp³-hybridized carbons (Fsp3) is 0.611. The summed E-state index contributed by atoms with van der Waals surface area (Å²) in [5, 5.41) is 3.32. The summed E-state index contributed by atoms with van der Waals surface area (Å²) >= 11 is 0. The number of hydrogen-bond acceptors (Lipinski definition) is 2. The van der Waals surface area contributed by atoms with Gasteiger partial charge in [-0.2, -0.15) is 13.2 Å². The molecule has 0 unspecified atom stereocenters. The highest BCUT2D eigenvalue weighted by Gasteiger charge is 2.55. The van der Waals surface area contributed by atoms with Gasteiger partial charge in [-0.1, -0.05) is 12.1 Å². The van der Waals surface area contributed by atoms with E-state index in [1.807, 2.05) is 18.7 Å². The molecule has 2 atom stereocenters. The number of piperidine rings is 1. The highest BCUT2D eigenvalue weighted by Crippen LogP contribution is 2.48. The number of carbonyl (C=O) groups is 1. The number of halogens is 3. The second-order valence-electron chi connectivity index (χ2n) is 7.16. The fourth-order valence-corrected chi connectivity index (χ4v) is 4.07. The number of alkyl halides is 3. The summed E-state index contributed by atoms with van der Waals surface area (Å²) in [5.41, 5.74) is -0.349. The number of amides is 1. The summed E-state index contributed by atoms with van der Waals surface area (Å²) in [5.74, 6) is 0.0667. The first kappa shape index (κ1) is 17.3. The maximum atomic E-state index is 13.0. The van der Waals surface area contributed by atoms with Gasteiger partial charge in [-0.3, -0.25) is 4.79 Å². The lowest BCUT2D eigenvalue weighted by Gasteiger charge is -2.37. The van der Waals surface area contributed by atoms with Crippen LogP contribution in [0.25, 0.3) is 0 Å². The van der Waals surface area contributed by atoms with Crippen molar-refractivity contribution >= 4 is 5.91 Å². The van der Waals surface area contributed by atoms with Crippen molar-refractivity contribution in [1.29, 1.82) is 0 Å². The van der Waals surface area contributed by atoms with Gasteiger partial charge < -0.3 is 10.2 Å². The fourth-order valence-electron chi connectivity index (χ4n) is 4.07. The zero-order chi connectivity index (χ0) is 17.5. The monoisotopic (exact) mass is 340 g/mol. The number of hydrogen-bond donors (Lipinski definition) is 1. The lowest BCUT2D eigenvalue weighted by molar-refractivity contribution is -0.139. The average molecular weight is 340 g/mol. The zero-order valence-electron chi connectivity index (χ0n) is 14.0. The minimum absolute atomic E-state index is 0.0671. The average Bonchev–Trinajstić information content (AvgIpc) is 2.81. The van der Waals surface area contributed by atoms with E-state index in [1.54, 1.807) is 12.1 Å². The third-order valence-corrected chi connectivity index (χ3v) is 5.41. The Morgan fingerprint density at radius 2 is 1.92 bits per heavy atom. The van der Waals surface area contributed by atoms with Crippen molar-refractivity contribution in [3.8, 4) is 0 Å². The van der Waals surface area contributed by atoms with E-state index in [2.05, 4.69) is 5.32 Å². The smallest absolute Gasteiger partial charge is 0.339 e. The van der Waals surface area contributed by atoms with Gasteiger partial charge in [0, 0.05) is 25.0 Å². The lowest BCUT2D eigenvalue weighted by atomic mass is 9.69. The van der Waals surface area contributed by atoms with E-state index in [4.69, 9.17) is 0 Å². The maximum Gasteiger partial charge on any atom is 0.416 e. The Morgan fingerprint density at radius 3 is 2.42 bits per heavy atom. The Bertz CT molecular complexity index is 604. The topological polar surface area (TPSA) is 32.3 Å². The van der Waals surface area contributed by atoms with Gasteiger partial charge in [0.15, 0.2) is 0 Å². The lowest BCUT2D eigenvalue weighted by Crippen LogP contribution is -2.48. The Balaban J connectivity index is 1.96. The normalized spacial score (nSPS) is 28.2. The number of carbonyl (C=O) groups excluding carboxylic acids is 1. The Labute approximate surface area is 140 Å². The summed E-state index contributed by atoms with van der Waals surface area (Å²) in [6, 6.07) is 5.43. The van der Waals surface area contributed by atoms with Gasteiger partial charge >= 0.3 is 6.18 Å². The van der Waals surface area contributed by atoms with Crippen LogP contribution in [0.15, 0.2) is 24.3 Å². The molecule has 2 aliphatic heterocycles. The van der Waals surface area contributed by atoms with Gasteiger partial charge in [0.2, 0.25) is 5.91 Å². The van der Waals surface area contributed by atoms with Crippen LogP contribution >= 0.6 is 0 Å². The molecule has 2 saturated heterocycles. The minimum Gasteiger partial charge on any atom is -0.339 e. The molecule has 2 aliphatic rings. The van der Waals surface area contributed by atoms with Crippen LogP contribution in [0.2, 0.25) is 0 Å². The largest absolute Gasteiger partial charge is 0.416 e. The van der Waals surface area contributed by atoms with Crippen LogP contribution in [0.4, 0.5) is 13.2 Å². The summed E-state index contributed by atoms with van der Waals surface area (Å²) < 4.78 is 38.4. The Hall–Kier alpha value is -1.56. The van der Waals surface area contributed by atoms with Gasteiger partial charge in [-0.15, -0.1) is 0 Å². The Morgan fingerprint density at radius 1 is 1.25 bits per heavy atom. The van der Waals surface area contributed by atoms with E-state index >= 15 is 0 Å². The maximum absolute atomic E-state index is 13.0. The van der Waals surface area contributed by atoms with Crippen molar-refractivity contribution in [2.75, 3.05) is 19.6 Å². The van der Waals surface area contributed by atoms with Crippen LogP contribution in [0.5, 0.6) is 0 Å². The highest BCUT2D eigenvalue weighted by atomic mass is 19.4. The molecule has 2 fully saturated rings. The van der Waals surface area contributed by atoms with Crippen LogP contribution in [-0.4, -0.2) is 36.5 Å². The summed E-state index contributed by atoms with van der Waals surface area (Å²) in [6.45, 7) is 6.02. The third kappa shape index (κ3) is 2.81. The minimum atomic E-state index is -4.34. The first-order valence-electron chi connectivity index (χ1n) is 8.44. The molecule has 24 heavy (non-hydrogen) atoms. The number of benzene rings is 1. The molecule has 0 radical (unpaired) electrons. The van der Waals surface area contributed by atoms with Crippen molar-refractivity contribution in [1.82, 2.24) is 10.2 Å². The first-order chi connectivity index (χ1) is 11.3. The molecular formula is C18H23F3N2O. The molecule has 1 amide bonds. The highest BCUT2D eigenvalue weighted by molar-refractivity contribution is 5.87. The van der Waals surface area contributed by atoms with Crippen molar-refractivity contribution in [3.63, 3.8) is 0 Å². The molecule has 3 rings (SSSR count). The van der Waals surface area contributed by atoms with Crippen molar-refractivity contribution in [2.45, 2.75) is 44.8 Å². The van der Waals surface area contributed by atoms with Gasteiger partial charge in [-0.05, 0) is 50.9 Å². The van der Waals surface area contributed by atoms with E-state index in [-0.39, 0.29) is 17.9 Å². The number of rotatable bonds is 2.